The number of likely N-dealkylation sites (N-methyl/N-ethyl adjacent to an activating group) is 1. The Bertz CT molecular complexity index is 214. The SMILES string of the molecule is CCCC(CN1CCN(CC2CC2)CC1)NCC. The highest BCUT2D eigenvalue weighted by Gasteiger charge is 2.26. The lowest BCUT2D eigenvalue weighted by Gasteiger charge is -2.36. The van der Waals surface area contributed by atoms with Crippen LogP contribution in [0.2, 0.25) is 0 Å². The number of hydrogen-bond donors (Lipinski definition) is 1. The maximum absolute atomic E-state index is 3.63. The molecule has 2 fully saturated rings. The average molecular weight is 253 g/mol. The molecule has 2 rings (SSSR count). The van der Waals surface area contributed by atoms with Gasteiger partial charge in [0.2, 0.25) is 0 Å². The zero-order chi connectivity index (χ0) is 12.8. The standard InChI is InChI=1S/C15H31N3/c1-3-5-15(16-4-2)13-18-10-8-17(9-11-18)12-14-6-7-14/h14-16H,3-13H2,1-2H3. The highest BCUT2D eigenvalue weighted by Crippen LogP contribution is 2.29. The monoisotopic (exact) mass is 253 g/mol. The number of nitrogens with one attached hydrogen (secondary N) is 1. The van der Waals surface area contributed by atoms with Crippen LogP contribution in [-0.2, 0) is 0 Å². The molecule has 1 saturated heterocycles. The molecule has 3 heteroatoms. The van der Waals surface area contributed by atoms with Gasteiger partial charge in [-0.3, -0.25) is 4.90 Å². The molecule has 0 radical (unpaired) electrons. The first kappa shape index (κ1) is 14.3. The molecule has 18 heavy (non-hydrogen) atoms. The molecule has 3 nitrogen and oxygen atoms in total. The van der Waals surface area contributed by atoms with E-state index < -0.39 is 0 Å². The molecule has 1 aliphatic heterocycles. The Morgan fingerprint density at radius 3 is 2.28 bits per heavy atom. The van der Waals surface area contributed by atoms with Gasteiger partial charge >= 0.3 is 0 Å². The molecule has 1 saturated carbocycles. The molecule has 106 valence electrons. The third-order valence-electron chi connectivity index (χ3n) is 4.29. The summed E-state index contributed by atoms with van der Waals surface area (Å²) in [5.74, 6) is 1.05. The Balaban J connectivity index is 1.64. The molecule has 0 aromatic heterocycles. The Labute approximate surface area is 113 Å². The van der Waals surface area contributed by atoms with Crippen LogP contribution >= 0.6 is 0 Å². The number of nitrogens with zero attached hydrogens (tertiary/aromatic N) is 2. The number of hydrogen-bond acceptors (Lipinski definition) is 3. The fourth-order valence-corrected chi connectivity index (χ4v) is 3.03. The van der Waals surface area contributed by atoms with Gasteiger partial charge in [-0.05, 0) is 31.7 Å². The van der Waals surface area contributed by atoms with Crippen LogP contribution < -0.4 is 5.32 Å². The number of rotatable bonds is 8. The van der Waals surface area contributed by atoms with Crippen LogP contribution in [0.25, 0.3) is 0 Å². The van der Waals surface area contributed by atoms with Crippen molar-refractivity contribution in [2.24, 2.45) is 5.92 Å². The molecule has 1 atom stereocenters. The van der Waals surface area contributed by atoms with E-state index in [0.717, 1.165) is 12.5 Å². The lowest BCUT2D eigenvalue weighted by atomic mass is 10.1. The molecule has 0 spiro atoms. The lowest BCUT2D eigenvalue weighted by molar-refractivity contribution is 0.118. The second-order valence-corrected chi connectivity index (χ2v) is 6.09. The summed E-state index contributed by atoms with van der Waals surface area (Å²) in [6, 6.07) is 0.704. The topological polar surface area (TPSA) is 18.5 Å². The molecule has 1 heterocycles. The van der Waals surface area contributed by atoms with Crippen molar-refractivity contribution < 1.29 is 0 Å². The van der Waals surface area contributed by atoms with Crippen molar-refractivity contribution in [3.8, 4) is 0 Å². The molecule has 2 aliphatic rings. The normalized spacial score (nSPS) is 24.3. The van der Waals surface area contributed by atoms with Gasteiger partial charge in [0.1, 0.15) is 0 Å². The van der Waals surface area contributed by atoms with Crippen molar-refractivity contribution in [3.63, 3.8) is 0 Å². The summed E-state index contributed by atoms with van der Waals surface area (Å²) >= 11 is 0. The fraction of sp³-hybridized carbons (Fsp3) is 1.00. The van der Waals surface area contributed by atoms with E-state index in [1.807, 2.05) is 0 Å². The van der Waals surface area contributed by atoms with Gasteiger partial charge < -0.3 is 10.2 Å². The molecular formula is C15H31N3. The predicted molar refractivity (Wildman–Crippen MR) is 78.0 cm³/mol. The minimum Gasteiger partial charge on any atom is -0.313 e. The summed E-state index contributed by atoms with van der Waals surface area (Å²) in [5, 5.41) is 3.63. The summed E-state index contributed by atoms with van der Waals surface area (Å²) in [6.07, 6.45) is 5.58. The van der Waals surface area contributed by atoms with Crippen molar-refractivity contribution in [3.05, 3.63) is 0 Å². The van der Waals surface area contributed by atoms with Gasteiger partial charge in [0.25, 0.3) is 0 Å². The Hall–Kier alpha value is -0.120. The van der Waals surface area contributed by atoms with Crippen molar-refractivity contribution in [2.45, 2.75) is 45.6 Å². The Morgan fingerprint density at radius 2 is 1.72 bits per heavy atom. The predicted octanol–water partition coefficient (Wildman–Crippen LogP) is 1.79. The van der Waals surface area contributed by atoms with Crippen molar-refractivity contribution in [1.29, 1.82) is 0 Å². The van der Waals surface area contributed by atoms with Crippen LogP contribution in [0.15, 0.2) is 0 Å². The smallest absolute Gasteiger partial charge is 0.0194 e. The quantitative estimate of drug-likeness (QED) is 0.711. The van der Waals surface area contributed by atoms with Gasteiger partial charge in [-0.15, -0.1) is 0 Å². The first-order valence-electron chi connectivity index (χ1n) is 8.00. The molecule has 0 amide bonds. The van der Waals surface area contributed by atoms with E-state index in [9.17, 15) is 0 Å². The minimum absolute atomic E-state index is 0.704. The second kappa shape index (κ2) is 7.46. The van der Waals surface area contributed by atoms with Gasteiger partial charge in [0.05, 0.1) is 0 Å². The average Bonchev–Trinajstić information content (AvgIpc) is 3.16. The van der Waals surface area contributed by atoms with Crippen molar-refractivity contribution in [2.75, 3.05) is 45.8 Å². The molecule has 1 N–H and O–H groups in total. The van der Waals surface area contributed by atoms with Gasteiger partial charge in [0, 0.05) is 45.3 Å². The summed E-state index contributed by atoms with van der Waals surface area (Å²) in [7, 11) is 0. The van der Waals surface area contributed by atoms with Crippen LogP contribution in [0.5, 0.6) is 0 Å². The third kappa shape index (κ3) is 4.87. The molecule has 0 aromatic rings. The molecular weight excluding hydrogens is 222 g/mol. The van der Waals surface area contributed by atoms with E-state index in [4.69, 9.17) is 0 Å². The van der Waals surface area contributed by atoms with Crippen molar-refractivity contribution in [1.82, 2.24) is 15.1 Å². The van der Waals surface area contributed by atoms with Gasteiger partial charge in [0.15, 0.2) is 0 Å². The van der Waals surface area contributed by atoms with E-state index in [1.165, 1.54) is 65.0 Å². The first-order chi connectivity index (χ1) is 8.81. The van der Waals surface area contributed by atoms with Crippen LogP contribution in [0.4, 0.5) is 0 Å². The highest BCUT2D eigenvalue weighted by atomic mass is 15.3. The highest BCUT2D eigenvalue weighted by molar-refractivity contribution is 4.82. The Kier molecular flexibility index (Phi) is 5.93. The summed E-state index contributed by atoms with van der Waals surface area (Å²) in [4.78, 5) is 5.34. The van der Waals surface area contributed by atoms with E-state index in [0.29, 0.717) is 6.04 Å². The maximum Gasteiger partial charge on any atom is 0.0194 e. The summed E-state index contributed by atoms with van der Waals surface area (Å²) in [5.41, 5.74) is 0. The van der Waals surface area contributed by atoms with Gasteiger partial charge in [-0.25, -0.2) is 0 Å². The molecule has 0 bridgehead atoms. The molecule has 1 unspecified atom stereocenters. The minimum atomic E-state index is 0.704. The zero-order valence-corrected chi connectivity index (χ0v) is 12.3. The van der Waals surface area contributed by atoms with Gasteiger partial charge in [-0.2, -0.15) is 0 Å². The number of piperazine rings is 1. The van der Waals surface area contributed by atoms with Gasteiger partial charge in [-0.1, -0.05) is 20.3 Å². The van der Waals surface area contributed by atoms with E-state index in [-0.39, 0.29) is 0 Å². The fourth-order valence-electron chi connectivity index (χ4n) is 3.03. The van der Waals surface area contributed by atoms with E-state index in [2.05, 4.69) is 29.0 Å². The van der Waals surface area contributed by atoms with E-state index in [1.54, 1.807) is 0 Å². The molecule has 1 aliphatic carbocycles. The van der Waals surface area contributed by atoms with Crippen LogP contribution in [0.1, 0.15) is 39.5 Å². The van der Waals surface area contributed by atoms with Crippen molar-refractivity contribution >= 4 is 0 Å². The Morgan fingerprint density at radius 1 is 1.06 bits per heavy atom. The zero-order valence-electron chi connectivity index (χ0n) is 12.3. The maximum atomic E-state index is 3.63. The largest absolute Gasteiger partial charge is 0.313 e. The molecule has 0 aromatic carbocycles. The van der Waals surface area contributed by atoms with E-state index >= 15 is 0 Å². The summed E-state index contributed by atoms with van der Waals surface area (Å²) < 4.78 is 0. The van der Waals surface area contributed by atoms with Crippen LogP contribution in [-0.4, -0.2) is 61.7 Å². The van der Waals surface area contributed by atoms with Crippen LogP contribution in [0, 0.1) is 5.92 Å². The van der Waals surface area contributed by atoms with Crippen LogP contribution in [0.3, 0.4) is 0 Å². The summed E-state index contributed by atoms with van der Waals surface area (Å²) in [6.45, 7) is 13.4. The lowest BCUT2D eigenvalue weighted by Crippen LogP contribution is -2.51. The first-order valence-corrected chi connectivity index (χ1v) is 8.00. The second-order valence-electron chi connectivity index (χ2n) is 6.09. The third-order valence-corrected chi connectivity index (χ3v) is 4.29.